The molecule has 0 aliphatic heterocycles. The van der Waals surface area contributed by atoms with Crippen LogP contribution >= 0.6 is 11.6 Å². The van der Waals surface area contributed by atoms with Gasteiger partial charge in [0.15, 0.2) is 0 Å². The lowest BCUT2D eigenvalue weighted by molar-refractivity contribution is -0.134. The summed E-state index contributed by atoms with van der Waals surface area (Å²) in [5.41, 5.74) is 1.86. The van der Waals surface area contributed by atoms with E-state index in [1.54, 1.807) is 37.5 Å². The van der Waals surface area contributed by atoms with Gasteiger partial charge < -0.3 is 9.47 Å². The largest absolute Gasteiger partial charge is 0.494 e. The zero-order chi connectivity index (χ0) is 16.7. The zero-order valence-electron chi connectivity index (χ0n) is 12.7. The molecule has 0 aliphatic carbocycles. The number of ether oxygens (including phenoxy) is 2. The Labute approximate surface area is 139 Å². The molecule has 5 nitrogen and oxygen atoms in total. The summed E-state index contributed by atoms with van der Waals surface area (Å²) in [6.45, 7) is 0. The minimum Gasteiger partial charge on any atom is -0.494 e. The molecular formula is C17H15ClN2O3. The van der Waals surface area contributed by atoms with Crippen molar-refractivity contribution in [1.82, 2.24) is 0 Å². The van der Waals surface area contributed by atoms with Crippen LogP contribution in [0.5, 0.6) is 5.75 Å². The van der Waals surface area contributed by atoms with Crippen LogP contribution in [0.4, 0.5) is 11.4 Å². The fourth-order valence-electron chi connectivity index (χ4n) is 1.79. The maximum atomic E-state index is 11.2. The second-order valence-corrected chi connectivity index (χ2v) is 4.87. The Hall–Kier alpha value is -2.66. The van der Waals surface area contributed by atoms with Crippen LogP contribution in [-0.2, 0) is 9.53 Å². The summed E-state index contributed by atoms with van der Waals surface area (Å²) in [6.07, 6.45) is 2.95. The number of nitrogens with zero attached hydrogens (tertiary/aromatic N) is 2. The molecule has 118 valence electrons. The molecule has 0 aromatic heterocycles. The topological polar surface area (TPSA) is 60.2 Å². The molecule has 2 aromatic carbocycles. The van der Waals surface area contributed by atoms with Crippen LogP contribution in [0.3, 0.4) is 0 Å². The van der Waals surface area contributed by atoms with E-state index in [0.29, 0.717) is 22.1 Å². The van der Waals surface area contributed by atoms with Gasteiger partial charge in [0, 0.05) is 16.7 Å². The van der Waals surface area contributed by atoms with E-state index in [1.165, 1.54) is 13.2 Å². The van der Waals surface area contributed by atoms with Crippen molar-refractivity contribution in [2.45, 2.75) is 0 Å². The van der Waals surface area contributed by atoms with Gasteiger partial charge in [-0.25, -0.2) is 4.79 Å². The van der Waals surface area contributed by atoms with Crippen LogP contribution in [0, 0.1) is 0 Å². The Kier molecular flexibility index (Phi) is 5.88. The van der Waals surface area contributed by atoms with Crippen LogP contribution in [0.1, 0.15) is 5.56 Å². The number of carbonyl (C=O) groups excluding carboxylic acids is 1. The number of halogens is 1. The van der Waals surface area contributed by atoms with Crippen LogP contribution in [0.25, 0.3) is 6.08 Å². The smallest absolute Gasteiger partial charge is 0.330 e. The second kappa shape index (κ2) is 8.10. The van der Waals surface area contributed by atoms with Gasteiger partial charge in [-0.3, -0.25) is 0 Å². The van der Waals surface area contributed by atoms with Gasteiger partial charge in [0.2, 0.25) is 0 Å². The van der Waals surface area contributed by atoms with E-state index in [0.717, 1.165) is 5.56 Å². The van der Waals surface area contributed by atoms with Gasteiger partial charge in [0.1, 0.15) is 11.4 Å². The van der Waals surface area contributed by atoms with Gasteiger partial charge >= 0.3 is 5.97 Å². The molecule has 0 aliphatic rings. The zero-order valence-corrected chi connectivity index (χ0v) is 13.4. The lowest BCUT2D eigenvalue weighted by atomic mass is 10.1. The molecule has 0 fully saturated rings. The Morgan fingerprint density at radius 2 is 1.83 bits per heavy atom. The fourth-order valence-corrected chi connectivity index (χ4v) is 1.96. The molecule has 23 heavy (non-hydrogen) atoms. The third-order valence-corrected chi connectivity index (χ3v) is 3.18. The summed E-state index contributed by atoms with van der Waals surface area (Å²) in [4.78, 5) is 11.2. The molecular weight excluding hydrogens is 316 g/mol. The van der Waals surface area contributed by atoms with Crippen molar-refractivity contribution in [3.8, 4) is 5.75 Å². The molecule has 0 atom stereocenters. The highest BCUT2D eigenvalue weighted by Gasteiger charge is 2.04. The van der Waals surface area contributed by atoms with Gasteiger partial charge in [0.25, 0.3) is 0 Å². The number of rotatable bonds is 5. The molecule has 0 spiro atoms. The molecule has 0 N–H and O–H groups in total. The van der Waals surface area contributed by atoms with Crippen molar-refractivity contribution in [3.63, 3.8) is 0 Å². The average molecular weight is 331 g/mol. The minimum atomic E-state index is -0.437. The highest BCUT2D eigenvalue weighted by Crippen LogP contribution is 2.32. The monoisotopic (exact) mass is 330 g/mol. The van der Waals surface area contributed by atoms with Crippen LogP contribution in [0.15, 0.2) is 58.8 Å². The number of carbonyl (C=O) groups is 1. The second-order valence-electron chi connectivity index (χ2n) is 4.43. The molecule has 2 rings (SSSR count). The van der Waals surface area contributed by atoms with Crippen LogP contribution < -0.4 is 4.74 Å². The van der Waals surface area contributed by atoms with Gasteiger partial charge in [0.05, 0.1) is 19.9 Å². The number of benzene rings is 2. The van der Waals surface area contributed by atoms with Gasteiger partial charge in [-0.2, -0.15) is 0 Å². The highest BCUT2D eigenvalue weighted by atomic mass is 35.5. The lowest BCUT2D eigenvalue weighted by Crippen LogP contribution is -1.93. The van der Waals surface area contributed by atoms with Crippen molar-refractivity contribution in [2.24, 2.45) is 10.2 Å². The molecule has 0 amide bonds. The normalized spacial score (nSPS) is 11.1. The summed E-state index contributed by atoms with van der Waals surface area (Å²) >= 11 is 5.97. The molecule has 6 heteroatoms. The van der Waals surface area contributed by atoms with E-state index in [-0.39, 0.29) is 0 Å². The van der Waals surface area contributed by atoms with E-state index in [9.17, 15) is 4.79 Å². The molecule has 0 heterocycles. The summed E-state index contributed by atoms with van der Waals surface area (Å²) in [6, 6.07) is 12.4. The van der Waals surface area contributed by atoms with Crippen molar-refractivity contribution in [1.29, 1.82) is 0 Å². The molecule has 0 saturated carbocycles. The minimum absolute atomic E-state index is 0.437. The van der Waals surface area contributed by atoms with Crippen molar-refractivity contribution >= 4 is 35.0 Å². The molecule has 0 radical (unpaired) electrons. The molecule has 2 aromatic rings. The SMILES string of the molecule is COC(=O)C=Cc1ccccc1N=Nc1cc(Cl)ccc1OC. The predicted octanol–water partition coefficient (Wildman–Crippen LogP) is 4.95. The van der Waals surface area contributed by atoms with E-state index in [1.807, 2.05) is 18.2 Å². The van der Waals surface area contributed by atoms with Crippen molar-refractivity contribution < 1.29 is 14.3 Å². The standard InChI is InChI=1S/C17H15ClN2O3/c1-22-16-9-8-13(18)11-15(16)20-19-14-6-4-3-5-12(14)7-10-17(21)23-2/h3-11H,1-2H3. The van der Waals surface area contributed by atoms with E-state index in [2.05, 4.69) is 15.0 Å². The first-order valence-electron chi connectivity index (χ1n) is 6.74. The van der Waals surface area contributed by atoms with Crippen LogP contribution in [0.2, 0.25) is 5.02 Å². The third kappa shape index (κ3) is 4.66. The molecule has 0 bridgehead atoms. The van der Waals surface area contributed by atoms with Crippen molar-refractivity contribution in [3.05, 3.63) is 59.1 Å². The first-order chi connectivity index (χ1) is 11.1. The molecule has 0 unspecified atom stereocenters. The summed E-state index contributed by atoms with van der Waals surface area (Å²) < 4.78 is 9.80. The van der Waals surface area contributed by atoms with Crippen LogP contribution in [-0.4, -0.2) is 20.2 Å². The Bertz CT molecular complexity index is 757. The van der Waals surface area contributed by atoms with E-state index < -0.39 is 5.97 Å². The third-order valence-electron chi connectivity index (χ3n) is 2.94. The quantitative estimate of drug-likeness (QED) is 0.442. The van der Waals surface area contributed by atoms with Gasteiger partial charge in [-0.05, 0) is 30.3 Å². The highest BCUT2D eigenvalue weighted by molar-refractivity contribution is 6.30. The summed E-state index contributed by atoms with van der Waals surface area (Å²) in [5, 5.41) is 8.93. The van der Waals surface area contributed by atoms with Crippen molar-refractivity contribution in [2.75, 3.05) is 14.2 Å². The van der Waals surface area contributed by atoms with Gasteiger partial charge in [-0.1, -0.05) is 29.8 Å². The maximum absolute atomic E-state index is 11.2. The fraction of sp³-hybridized carbons (Fsp3) is 0.118. The predicted molar refractivity (Wildman–Crippen MR) is 89.7 cm³/mol. The first-order valence-corrected chi connectivity index (χ1v) is 7.12. The Balaban J connectivity index is 2.32. The molecule has 0 saturated heterocycles. The number of esters is 1. The summed E-state index contributed by atoms with van der Waals surface area (Å²) in [7, 11) is 2.87. The average Bonchev–Trinajstić information content (AvgIpc) is 2.58. The van der Waals surface area contributed by atoms with Gasteiger partial charge in [-0.15, -0.1) is 10.2 Å². The first kappa shape index (κ1) is 16.7. The number of methoxy groups -OCH3 is 2. The Morgan fingerprint density at radius 1 is 1.09 bits per heavy atom. The lowest BCUT2D eigenvalue weighted by Gasteiger charge is -2.04. The number of azo groups is 1. The number of hydrogen-bond donors (Lipinski definition) is 0. The summed E-state index contributed by atoms with van der Waals surface area (Å²) in [5.74, 6) is 0.133. The number of hydrogen-bond acceptors (Lipinski definition) is 5. The Morgan fingerprint density at radius 3 is 2.57 bits per heavy atom. The van der Waals surface area contributed by atoms with E-state index in [4.69, 9.17) is 16.3 Å². The van der Waals surface area contributed by atoms with E-state index >= 15 is 0 Å². The maximum Gasteiger partial charge on any atom is 0.330 e.